The van der Waals surface area contributed by atoms with Crippen LogP contribution in [0, 0.1) is 0 Å². The van der Waals surface area contributed by atoms with E-state index in [-0.39, 0.29) is 26.9 Å². The fraction of sp³-hybridized carbons (Fsp3) is 0.111. The van der Waals surface area contributed by atoms with Gasteiger partial charge in [0, 0.05) is 5.39 Å². The number of hydrogen-bond donors (Lipinski definition) is 3. The van der Waals surface area contributed by atoms with Crippen LogP contribution in [0.1, 0.15) is 0 Å². The summed E-state index contributed by atoms with van der Waals surface area (Å²) in [6.07, 6.45) is 0. The molecule has 0 aliphatic carbocycles. The van der Waals surface area contributed by atoms with Gasteiger partial charge in [-0.2, -0.15) is 21.9 Å². The van der Waals surface area contributed by atoms with Crippen LogP contribution in [-0.2, 0) is 34.5 Å². The van der Waals surface area contributed by atoms with Crippen molar-refractivity contribution >= 4 is 58.2 Å². The van der Waals surface area contributed by atoms with Crippen LogP contribution in [-0.4, -0.2) is 46.7 Å². The Morgan fingerprint density at radius 2 is 1.45 bits per heavy atom. The lowest BCUT2D eigenvalue weighted by Crippen LogP contribution is -2.15. The molecule has 33 heavy (non-hydrogen) atoms. The highest BCUT2D eigenvalue weighted by Crippen LogP contribution is 2.34. The molecule has 0 unspecified atom stereocenters. The van der Waals surface area contributed by atoms with Gasteiger partial charge >= 0.3 is 10.4 Å². The Balaban J connectivity index is 1.85. The van der Waals surface area contributed by atoms with E-state index in [4.69, 9.17) is 10.3 Å². The molecule has 0 atom stereocenters. The van der Waals surface area contributed by atoms with E-state index in [9.17, 15) is 29.8 Å². The van der Waals surface area contributed by atoms with E-state index in [1.54, 1.807) is 6.07 Å². The van der Waals surface area contributed by atoms with Crippen LogP contribution >= 0.6 is 0 Å². The number of nitrogen functional groups attached to an aromatic ring is 1. The molecule has 0 radical (unpaired) electrons. The summed E-state index contributed by atoms with van der Waals surface area (Å²) in [5.74, 6) is -0.675. The second-order valence-electron chi connectivity index (χ2n) is 6.62. The molecule has 0 heterocycles. The van der Waals surface area contributed by atoms with E-state index >= 15 is 0 Å². The number of rotatable bonds is 8. The van der Waals surface area contributed by atoms with Gasteiger partial charge in [-0.15, -0.1) is 5.11 Å². The number of benzene rings is 3. The zero-order valence-corrected chi connectivity index (χ0v) is 19.0. The van der Waals surface area contributed by atoms with Crippen molar-refractivity contribution in [1.29, 1.82) is 0 Å². The topological polar surface area (TPSA) is 203 Å². The first-order valence-corrected chi connectivity index (χ1v) is 13.4. The first-order chi connectivity index (χ1) is 15.3. The Kier molecular flexibility index (Phi) is 6.83. The number of azo groups is 1. The van der Waals surface area contributed by atoms with E-state index in [0.717, 1.165) is 0 Å². The lowest BCUT2D eigenvalue weighted by molar-refractivity contribution is 0.284. The van der Waals surface area contributed by atoms with Gasteiger partial charge in [0.05, 0.1) is 33.5 Å². The summed E-state index contributed by atoms with van der Waals surface area (Å²) in [4.78, 5) is -0.413. The number of nitrogens with two attached hydrogens (primary N) is 1. The highest BCUT2D eigenvalue weighted by molar-refractivity contribution is 7.91. The van der Waals surface area contributed by atoms with E-state index in [2.05, 4.69) is 14.4 Å². The number of fused-ring (bicyclic) bond motifs is 1. The second kappa shape index (κ2) is 9.12. The molecule has 4 N–H and O–H groups in total. The van der Waals surface area contributed by atoms with Crippen LogP contribution in [0.15, 0.2) is 74.6 Å². The van der Waals surface area contributed by atoms with Gasteiger partial charge in [0.1, 0.15) is 5.69 Å². The molecular weight excluding hydrogens is 498 g/mol. The van der Waals surface area contributed by atoms with Crippen LogP contribution in [0.5, 0.6) is 0 Å². The molecule has 0 amide bonds. The van der Waals surface area contributed by atoms with E-state index < -0.39 is 42.7 Å². The number of hydrogen-bond acceptors (Lipinski definition) is 10. The molecule has 0 aliphatic rings. The Bertz CT molecular complexity index is 1550. The third kappa shape index (κ3) is 6.31. The second-order valence-corrected chi connectivity index (χ2v) is 11.2. The van der Waals surface area contributed by atoms with Crippen molar-refractivity contribution in [3.05, 3.63) is 54.6 Å². The van der Waals surface area contributed by atoms with Gasteiger partial charge in [-0.25, -0.2) is 12.6 Å². The highest BCUT2D eigenvalue weighted by Gasteiger charge is 2.17. The smallest absolute Gasteiger partial charge is 0.397 e. The van der Waals surface area contributed by atoms with Crippen molar-refractivity contribution in [2.75, 3.05) is 18.1 Å². The van der Waals surface area contributed by atoms with Crippen LogP contribution in [0.4, 0.5) is 17.1 Å². The number of sulfone groups is 1. The molecular formula is C18H17N3O9S3. The van der Waals surface area contributed by atoms with E-state index in [1.165, 1.54) is 48.5 Å². The molecule has 3 rings (SSSR count). The summed E-state index contributed by atoms with van der Waals surface area (Å²) in [7, 11) is -13.0. The lowest BCUT2D eigenvalue weighted by atomic mass is 10.1. The van der Waals surface area contributed by atoms with Crippen LogP contribution in [0.25, 0.3) is 10.8 Å². The third-order valence-electron chi connectivity index (χ3n) is 4.34. The Hall–Kier alpha value is -2.95. The molecule has 176 valence electrons. The minimum Gasteiger partial charge on any atom is -0.397 e. The molecule has 12 nitrogen and oxygen atoms in total. The van der Waals surface area contributed by atoms with Crippen molar-refractivity contribution in [2.24, 2.45) is 10.2 Å². The number of anilines is 1. The maximum absolute atomic E-state index is 12.2. The van der Waals surface area contributed by atoms with E-state index in [1.807, 2.05) is 0 Å². The first-order valence-electron chi connectivity index (χ1n) is 8.92. The van der Waals surface area contributed by atoms with E-state index in [0.29, 0.717) is 10.8 Å². The average Bonchev–Trinajstić information content (AvgIpc) is 2.71. The van der Waals surface area contributed by atoms with Gasteiger partial charge in [0.15, 0.2) is 9.84 Å². The van der Waals surface area contributed by atoms with Gasteiger partial charge < -0.3 is 5.73 Å². The number of nitrogens with zero attached hydrogens (tertiary/aromatic N) is 2. The Morgan fingerprint density at radius 1 is 0.818 bits per heavy atom. The predicted octanol–water partition coefficient (Wildman–Crippen LogP) is 2.68. The summed E-state index contributed by atoms with van der Waals surface area (Å²) in [5.41, 5.74) is 6.73. The molecule has 3 aromatic rings. The van der Waals surface area contributed by atoms with Crippen LogP contribution in [0.3, 0.4) is 0 Å². The van der Waals surface area contributed by atoms with Gasteiger partial charge in [-0.1, -0.05) is 12.1 Å². The highest BCUT2D eigenvalue weighted by atomic mass is 32.3. The van der Waals surface area contributed by atoms with Gasteiger partial charge in [-0.05, 0) is 47.9 Å². The zero-order valence-electron chi connectivity index (χ0n) is 16.6. The van der Waals surface area contributed by atoms with Gasteiger partial charge in [-0.3, -0.25) is 9.11 Å². The molecule has 0 bridgehead atoms. The lowest BCUT2D eigenvalue weighted by Gasteiger charge is -2.07. The molecule has 0 saturated heterocycles. The molecule has 0 aliphatic heterocycles. The standard InChI is InChI=1S/C18H17N3O9S3/c19-17-8-1-12-11-15(32(24,25)26)6-7-16(12)18(17)21-20-13-2-4-14(5-3-13)31(22,23)10-9-30-33(27,28)29/h1-8,11H,9-10,19H2,(H,24,25,26)(H,27,28,29). The predicted molar refractivity (Wildman–Crippen MR) is 118 cm³/mol. The fourth-order valence-electron chi connectivity index (χ4n) is 2.78. The van der Waals surface area contributed by atoms with Crippen molar-refractivity contribution in [3.8, 4) is 0 Å². The normalized spacial score (nSPS) is 13.0. The maximum atomic E-state index is 12.2. The van der Waals surface area contributed by atoms with Crippen molar-refractivity contribution < 1.29 is 38.5 Å². The van der Waals surface area contributed by atoms with Gasteiger partial charge in [0.2, 0.25) is 0 Å². The maximum Gasteiger partial charge on any atom is 0.397 e. The Labute approximate surface area is 189 Å². The molecule has 0 spiro atoms. The fourth-order valence-corrected chi connectivity index (χ4v) is 4.78. The quantitative estimate of drug-likeness (QED) is 0.227. The summed E-state index contributed by atoms with van der Waals surface area (Å²) >= 11 is 0. The summed E-state index contributed by atoms with van der Waals surface area (Å²) in [5, 5.41) is 9.03. The van der Waals surface area contributed by atoms with Crippen LogP contribution in [0.2, 0.25) is 0 Å². The zero-order chi connectivity index (χ0) is 24.4. The summed E-state index contributed by atoms with van der Waals surface area (Å²) in [6, 6.07) is 12.1. The SMILES string of the molecule is Nc1ccc2cc(S(=O)(=O)O)ccc2c1N=Nc1ccc(S(=O)(=O)CCOS(=O)(=O)O)cc1. The molecule has 0 saturated carbocycles. The third-order valence-corrected chi connectivity index (χ3v) is 7.35. The Morgan fingerprint density at radius 3 is 2.06 bits per heavy atom. The van der Waals surface area contributed by atoms with Crippen molar-refractivity contribution in [3.63, 3.8) is 0 Å². The largest absolute Gasteiger partial charge is 0.397 e. The van der Waals surface area contributed by atoms with Gasteiger partial charge in [0.25, 0.3) is 10.1 Å². The minimum atomic E-state index is -4.74. The monoisotopic (exact) mass is 515 g/mol. The molecule has 3 aromatic carbocycles. The average molecular weight is 516 g/mol. The first kappa shape index (κ1) is 24.7. The summed E-state index contributed by atoms with van der Waals surface area (Å²) in [6.45, 7) is -0.748. The molecule has 0 fully saturated rings. The van der Waals surface area contributed by atoms with Crippen molar-refractivity contribution in [2.45, 2.75) is 9.79 Å². The molecule has 0 aromatic heterocycles. The van der Waals surface area contributed by atoms with Crippen LogP contribution < -0.4 is 5.73 Å². The van der Waals surface area contributed by atoms with Crippen molar-refractivity contribution in [1.82, 2.24) is 0 Å². The summed E-state index contributed by atoms with van der Waals surface area (Å²) < 4.78 is 89.9. The minimum absolute atomic E-state index is 0.122. The molecule has 15 heteroatoms.